The first kappa shape index (κ1) is 8.53. The standard InChI is InChI=1S/C12H11NO2/c1-2-13-10-5-8-3-4-15-11(8)6-9(10)7-12(13)14/h3-6H,2,7H2,1H3. The van der Waals surface area contributed by atoms with Gasteiger partial charge in [0.05, 0.1) is 12.7 Å². The quantitative estimate of drug-likeness (QED) is 0.709. The Balaban J connectivity index is 2.25. The van der Waals surface area contributed by atoms with E-state index < -0.39 is 0 Å². The first-order valence-corrected chi connectivity index (χ1v) is 5.10. The van der Waals surface area contributed by atoms with Crippen molar-refractivity contribution >= 4 is 22.6 Å². The van der Waals surface area contributed by atoms with Gasteiger partial charge in [0.25, 0.3) is 0 Å². The topological polar surface area (TPSA) is 33.5 Å². The number of amides is 1. The van der Waals surface area contributed by atoms with E-state index in [1.165, 1.54) is 0 Å². The van der Waals surface area contributed by atoms with Crippen LogP contribution in [-0.2, 0) is 11.2 Å². The number of carbonyl (C=O) groups excluding carboxylic acids is 1. The lowest BCUT2D eigenvalue weighted by Crippen LogP contribution is -2.25. The summed E-state index contributed by atoms with van der Waals surface area (Å²) in [6, 6.07) is 5.92. The molecule has 0 spiro atoms. The SMILES string of the molecule is CCN1C(=O)Cc2cc3occc3cc21. The molecule has 0 unspecified atom stereocenters. The molecule has 0 fully saturated rings. The molecule has 1 amide bonds. The Morgan fingerprint density at radius 2 is 2.33 bits per heavy atom. The van der Waals surface area contributed by atoms with Crippen LogP contribution < -0.4 is 4.90 Å². The zero-order valence-electron chi connectivity index (χ0n) is 8.49. The van der Waals surface area contributed by atoms with Gasteiger partial charge in [0.15, 0.2) is 0 Å². The van der Waals surface area contributed by atoms with Gasteiger partial charge in [-0.2, -0.15) is 0 Å². The second-order valence-corrected chi connectivity index (χ2v) is 3.75. The second-order valence-electron chi connectivity index (χ2n) is 3.75. The van der Waals surface area contributed by atoms with Crippen molar-refractivity contribution in [3.8, 4) is 0 Å². The third-order valence-corrected chi connectivity index (χ3v) is 2.90. The smallest absolute Gasteiger partial charge is 0.231 e. The van der Waals surface area contributed by atoms with Crippen LogP contribution in [0.1, 0.15) is 12.5 Å². The van der Waals surface area contributed by atoms with E-state index >= 15 is 0 Å². The van der Waals surface area contributed by atoms with Crippen molar-refractivity contribution in [2.24, 2.45) is 0 Å². The van der Waals surface area contributed by atoms with Crippen LogP contribution in [0.4, 0.5) is 5.69 Å². The molecule has 0 radical (unpaired) electrons. The van der Waals surface area contributed by atoms with Gasteiger partial charge in [0, 0.05) is 17.6 Å². The summed E-state index contributed by atoms with van der Waals surface area (Å²) >= 11 is 0. The maximum atomic E-state index is 11.7. The molecule has 0 saturated carbocycles. The Hall–Kier alpha value is -1.77. The van der Waals surface area contributed by atoms with Gasteiger partial charge < -0.3 is 9.32 Å². The molecule has 2 aromatic rings. The molecule has 3 nitrogen and oxygen atoms in total. The van der Waals surface area contributed by atoms with Crippen LogP contribution in [0.3, 0.4) is 0 Å². The molecule has 15 heavy (non-hydrogen) atoms. The highest BCUT2D eigenvalue weighted by atomic mass is 16.3. The van der Waals surface area contributed by atoms with Gasteiger partial charge in [-0.25, -0.2) is 0 Å². The predicted octanol–water partition coefficient (Wildman–Crippen LogP) is 2.34. The monoisotopic (exact) mass is 201 g/mol. The van der Waals surface area contributed by atoms with E-state index in [1.54, 1.807) is 6.26 Å². The fourth-order valence-electron chi connectivity index (χ4n) is 2.17. The van der Waals surface area contributed by atoms with Crippen LogP contribution in [0.2, 0.25) is 0 Å². The van der Waals surface area contributed by atoms with E-state index in [0.29, 0.717) is 6.42 Å². The lowest BCUT2D eigenvalue weighted by molar-refractivity contribution is -0.117. The molecule has 1 aromatic carbocycles. The average Bonchev–Trinajstić information content (AvgIpc) is 2.76. The molecule has 3 heteroatoms. The van der Waals surface area contributed by atoms with Gasteiger partial charge in [-0.3, -0.25) is 4.79 Å². The van der Waals surface area contributed by atoms with Crippen LogP contribution in [0.5, 0.6) is 0 Å². The minimum atomic E-state index is 0.181. The summed E-state index contributed by atoms with van der Waals surface area (Å²) in [5.74, 6) is 0.181. The molecule has 0 atom stereocenters. The lowest BCUT2D eigenvalue weighted by Gasteiger charge is -2.14. The largest absolute Gasteiger partial charge is 0.464 e. The average molecular weight is 201 g/mol. The van der Waals surface area contributed by atoms with Crippen molar-refractivity contribution in [3.05, 3.63) is 30.0 Å². The number of benzene rings is 1. The van der Waals surface area contributed by atoms with Gasteiger partial charge in [0.2, 0.25) is 5.91 Å². The van der Waals surface area contributed by atoms with Gasteiger partial charge in [-0.15, -0.1) is 0 Å². The van der Waals surface area contributed by atoms with Gasteiger partial charge in [-0.1, -0.05) is 0 Å². The first-order chi connectivity index (χ1) is 7.29. The highest BCUT2D eigenvalue weighted by Crippen LogP contribution is 2.33. The summed E-state index contributed by atoms with van der Waals surface area (Å²) in [6.45, 7) is 2.72. The molecular weight excluding hydrogens is 190 g/mol. The molecule has 0 N–H and O–H groups in total. The Labute approximate surface area is 87.3 Å². The fourth-order valence-corrected chi connectivity index (χ4v) is 2.17. The molecule has 76 valence electrons. The van der Waals surface area contributed by atoms with E-state index in [-0.39, 0.29) is 5.91 Å². The van der Waals surface area contributed by atoms with Crippen molar-refractivity contribution in [2.45, 2.75) is 13.3 Å². The van der Waals surface area contributed by atoms with E-state index in [1.807, 2.05) is 30.0 Å². The van der Waals surface area contributed by atoms with E-state index in [9.17, 15) is 4.79 Å². The van der Waals surface area contributed by atoms with Gasteiger partial charge >= 0.3 is 0 Å². The van der Waals surface area contributed by atoms with Crippen LogP contribution in [0, 0.1) is 0 Å². The molecule has 1 aliphatic heterocycles. The molecule has 0 aliphatic carbocycles. The number of carbonyl (C=O) groups is 1. The highest BCUT2D eigenvalue weighted by Gasteiger charge is 2.26. The third-order valence-electron chi connectivity index (χ3n) is 2.90. The third kappa shape index (κ3) is 1.09. The van der Waals surface area contributed by atoms with Crippen LogP contribution in [0.15, 0.2) is 28.9 Å². The van der Waals surface area contributed by atoms with Crippen molar-refractivity contribution in [1.82, 2.24) is 0 Å². The molecule has 2 heterocycles. The number of hydrogen-bond donors (Lipinski definition) is 0. The van der Waals surface area contributed by atoms with Crippen LogP contribution in [0.25, 0.3) is 11.0 Å². The predicted molar refractivity (Wildman–Crippen MR) is 57.9 cm³/mol. The minimum absolute atomic E-state index is 0.181. The summed E-state index contributed by atoms with van der Waals surface area (Å²) in [4.78, 5) is 13.5. The second kappa shape index (κ2) is 2.86. The van der Waals surface area contributed by atoms with E-state index in [2.05, 4.69) is 0 Å². The van der Waals surface area contributed by atoms with Crippen molar-refractivity contribution in [1.29, 1.82) is 0 Å². The van der Waals surface area contributed by atoms with E-state index in [0.717, 1.165) is 28.8 Å². The summed E-state index contributed by atoms with van der Waals surface area (Å²) in [7, 11) is 0. The van der Waals surface area contributed by atoms with Crippen LogP contribution >= 0.6 is 0 Å². The highest BCUT2D eigenvalue weighted by molar-refractivity contribution is 6.04. The summed E-state index contributed by atoms with van der Waals surface area (Å²) < 4.78 is 5.32. The molecule has 1 aliphatic rings. The molecular formula is C12H11NO2. The zero-order chi connectivity index (χ0) is 10.4. The van der Waals surface area contributed by atoms with Crippen molar-refractivity contribution in [2.75, 3.05) is 11.4 Å². The number of hydrogen-bond acceptors (Lipinski definition) is 2. The van der Waals surface area contributed by atoms with Crippen molar-refractivity contribution in [3.63, 3.8) is 0 Å². The first-order valence-electron chi connectivity index (χ1n) is 5.10. The zero-order valence-corrected chi connectivity index (χ0v) is 8.49. The number of anilines is 1. The lowest BCUT2D eigenvalue weighted by atomic mass is 10.1. The molecule has 0 saturated heterocycles. The number of likely N-dealkylation sites (N-methyl/N-ethyl adjacent to an activating group) is 1. The normalized spacial score (nSPS) is 15.0. The Kier molecular flexibility index (Phi) is 1.63. The van der Waals surface area contributed by atoms with Crippen LogP contribution in [-0.4, -0.2) is 12.5 Å². The van der Waals surface area contributed by atoms with Gasteiger partial charge in [-0.05, 0) is 30.7 Å². The maximum Gasteiger partial charge on any atom is 0.231 e. The van der Waals surface area contributed by atoms with Gasteiger partial charge in [0.1, 0.15) is 5.58 Å². The number of furan rings is 1. The molecule has 3 rings (SSSR count). The maximum absolute atomic E-state index is 11.7. The Morgan fingerprint density at radius 3 is 3.13 bits per heavy atom. The Bertz CT molecular complexity index is 542. The minimum Gasteiger partial charge on any atom is -0.464 e. The number of rotatable bonds is 1. The number of fused-ring (bicyclic) bond motifs is 2. The fraction of sp³-hybridized carbons (Fsp3) is 0.250. The summed E-state index contributed by atoms with van der Waals surface area (Å²) in [6.07, 6.45) is 2.18. The molecule has 0 bridgehead atoms. The van der Waals surface area contributed by atoms with Crippen molar-refractivity contribution < 1.29 is 9.21 Å². The summed E-state index contributed by atoms with van der Waals surface area (Å²) in [5.41, 5.74) is 2.97. The Morgan fingerprint density at radius 1 is 1.47 bits per heavy atom. The number of nitrogens with zero attached hydrogens (tertiary/aromatic N) is 1. The summed E-state index contributed by atoms with van der Waals surface area (Å²) in [5, 5.41) is 1.06. The van der Waals surface area contributed by atoms with E-state index in [4.69, 9.17) is 4.42 Å². The molecule has 1 aromatic heterocycles.